The Bertz CT molecular complexity index is 2800. The van der Waals surface area contributed by atoms with Crippen LogP contribution < -0.4 is 34.9 Å². The maximum Gasteiger partial charge on any atom is 0.242 e. The predicted octanol–water partition coefficient (Wildman–Crippen LogP) is 10.5. The van der Waals surface area contributed by atoms with Crippen molar-refractivity contribution >= 4 is 63.2 Å². The fraction of sp³-hybridized carbons (Fsp3) is 0.464. The molecule has 10 rings (SSSR count). The van der Waals surface area contributed by atoms with Crippen molar-refractivity contribution in [2.24, 2.45) is 5.41 Å². The Hall–Kier alpha value is -6.41. The van der Waals surface area contributed by atoms with Gasteiger partial charge in [0.1, 0.15) is 12.4 Å². The molecule has 71 heavy (non-hydrogen) atoms. The Morgan fingerprint density at radius 3 is 1.61 bits per heavy atom. The zero-order valence-corrected chi connectivity index (χ0v) is 42.2. The zero-order chi connectivity index (χ0) is 49.6. The van der Waals surface area contributed by atoms with E-state index >= 15 is 0 Å². The van der Waals surface area contributed by atoms with Gasteiger partial charge in [0.15, 0.2) is 23.0 Å². The van der Waals surface area contributed by atoms with Gasteiger partial charge in [0, 0.05) is 73.3 Å². The van der Waals surface area contributed by atoms with E-state index < -0.39 is 10.8 Å². The normalized spacial score (nSPS) is 16.7. The van der Waals surface area contributed by atoms with Crippen molar-refractivity contribution in [3.63, 3.8) is 0 Å². The van der Waals surface area contributed by atoms with Gasteiger partial charge in [-0.2, -0.15) is 0 Å². The Kier molecular flexibility index (Phi) is 15.8. The third-order valence-electron chi connectivity index (χ3n) is 13.7. The van der Waals surface area contributed by atoms with Crippen LogP contribution in [0.1, 0.15) is 104 Å². The highest BCUT2D eigenvalue weighted by Gasteiger charge is 2.53. The lowest BCUT2D eigenvalue weighted by atomic mass is 9.85. The van der Waals surface area contributed by atoms with E-state index in [1.165, 1.54) is 16.2 Å². The van der Waals surface area contributed by atoms with Gasteiger partial charge in [-0.15, -0.1) is 11.6 Å². The van der Waals surface area contributed by atoms with Crippen molar-refractivity contribution in [2.45, 2.75) is 117 Å². The van der Waals surface area contributed by atoms with E-state index in [1.54, 1.807) is 33.1 Å². The second-order valence-electron chi connectivity index (χ2n) is 21.2. The number of hydrogen-bond donors (Lipinski definition) is 3. The molecule has 1 unspecified atom stereocenters. The van der Waals surface area contributed by atoms with E-state index in [9.17, 15) is 19.2 Å². The van der Waals surface area contributed by atoms with E-state index in [-0.39, 0.29) is 75.3 Å². The van der Waals surface area contributed by atoms with Gasteiger partial charge in [0.05, 0.1) is 10.8 Å². The standard InChI is InChI=1S/C27H31N3O4.C23H26N2O3.C4H8ClNO.2CH4/c1-26(2,3)23-13-17-12-19(7-8-20(17)30(23)15-24(31)29(4)5)28-25(32)27(10-11-27)18-6-9-21-22(14-18)34-16-33-21;1-22(2,3)20-11-14-10-16(5-6-17(14)25-20)24-21(26)23(8-9-23)15-4-7-18-19(12-15)28-13-27-18;1-6(2)4(7)3-5;;/h6-9,12-14H,10-11,15-16H2,1-5H3,(H,28,32);4-7,10,12,20,25H,8-9,11,13H2,1-3H3,(H,24,26);3H2,1-2H3;2*1H4. The molecule has 0 radical (unpaired) electrons. The molecular formula is C56H73ClN6O8. The number of fused-ring (bicyclic) bond motifs is 4. The third-order valence-corrected chi connectivity index (χ3v) is 13.9. The first-order chi connectivity index (χ1) is 32.6. The molecule has 0 saturated heterocycles. The first-order valence-corrected chi connectivity index (χ1v) is 24.1. The van der Waals surface area contributed by atoms with Crippen molar-refractivity contribution in [3.05, 3.63) is 101 Å². The van der Waals surface area contributed by atoms with Gasteiger partial charge in [-0.1, -0.05) is 68.5 Å². The van der Waals surface area contributed by atoms with Crippen molar-refractivity contribution < 1.29 is 38.1 Å². The summed E-state index contributed by atoms with van der Waals surface area (Å²) in [6.07, 6.45) is 4.31. The van der Waals surface area contributed by atoms with Crippen LogP contribution in [0.2, 0.25) is 0 Å². The third kappa shape index (κ3) is 11.4. The zero-order valence-electron chi connectivity index (χ0n) is 41.4. The van der Waals surface area contributed by atoms with Gasteiger partial charge >= 0.3 is 0 Å². The minimum atomic E-state index is -0.531. The summed E-state index contributed by atoms with van der Waals surface area (Å²) in [5.74, 6) is 3.01. The highest BCUT2D eigenvalue weighted by Crippen LogP contribution is 2.52. The molecule has 14 nitrogen and oxygen atoms in total. The number of carbonyl (C=O) groups is 4. The lowest BCUT2D eigenvalue weighted by Crippen LogP contribution is -2.31. The predicted molar refractivity (Wildman–Crippen MR) is 283 cm³/mol. The molecule has 4 heterocycles. The van der Waals surface area contributed by atoms with Gasteiger partial charge in [-0.05, 0) is 121 Å². The molecule has 2 fully saturated rings. The maximum absolute atomic E-state index is 13.3. The summed E-state index contributed by atoms with van der Waals surface area (Å²) in [7, 11) is 6.88. The fourth-order valence-corrected chi connectivity index (χ4v) is 9.17. The van der Waals surface area contributed by atoms with Crippen molar-refractivity contribution in [1.29, 1.82) is 0 Å². The average molecular weight is 994 g/mol. The summed E-state index contributed by atoms with van der Waals surface area (Å²) in [4.78, 5) is 52.3. The van der Waals surface area contributed by atoms with Crippen molar-refractivity contribution in [3.8, 4) is 23.0 Å². The number of hydrogen-bond acceptors (Lipinski definition) is 9. The van der Waals surface area contributed by atoms with Crippen LogP contribution >= 0.6 is 11.6 Å². The van der Waals surface area contributed by atoms with Crippen LogP contribution in [0.5, 0.6) is 23.0 Å². The molecule has 0 bridgehead atoms. The quantitative estimate of drug-likeness (QED) is 0.123. The first kappa shape index (κ1) is 53.9. The van der Waals surface area contributed by atoms with Crippen LogP contribution in [0, 0.1) is 5.41 Å². The molecule has 4 aromatic carbocycles. The van der Waals surface area contributed by atoms with E-state index in [0.717, 1.165) is 88.5 Å². The van der Waals surface area contributed by atoms with Crippen molar-refractivity contribution in [1.82, 2.24) is 14.4 Å². The van der Waals surface area contributed by atoms with Gasteiger partial charge in [0.25, 0.3) is 0 Å². The van der Waals surface area contributed by atoms with E-state index in [0.29, 0.717) is 11.8 Å². The number of halogens is 1. The van der Waals surface area contributed by atoms with Crippen LogP contribution in [0.3, 0.4) is 0 Å². The summed E-state index contributed by atoms with van der Waals surface area (Å²) in [5.41, 5.74) is 7.17. The Morgan fingerprint density at radius 2 is 1.15 bits per heavy atom. The smallest absolute Gasteiger partial charge is 0.242 e. The number of carbonyl (C=O) groups excluding carboxylic acids is 4. The number of aromatic nitrogens is 1. The molecule has 5 aliphatic rings. The highest BCUT2D eigenvalue weighted by molar-refractivity contribution is 6.27. The van der Waals surface area contributed by atoms with Crippen LogP contribution in [0.15, 0.2) is 78.9 Å². The number of likely N-dealkylation sites (N-methyl/N-ethyl adjacent to an activating group) is 1. The summed E-state index contributed by atoms with van der Waals surface area (Å²) in [6, 6.07) is 26.2. The summed E-state index contributed by atoms with van der Waals surface area (Å²) >= 11 is 5.16. The van der Waals surface area contributed by atoms with Gasteiger partial charge < -0.3 is 49.3 Å². The molecule has 1 atom stereocenters. The Balaban J connectivity index is 0.000000202. The van der Waals surface area contributed by atoms with Crippen molar-refractivity contribution in [2.75, 3.05) is 63.6 Å². The largest absolute Gasteiger partial charge is 0.454 e. The van der Waals surface area contributed by atoms with Crippen LogP contribution in [0.4, 0.5) is 17.1 Å². The van der Waals surface area contributed by atoms with Gasteiger partial charge in [-0.25, -0.2) is 0 Å². The van der Waals surface area contributed by atoms with E-state index in [4.69, 9.17) is 30.5 Å². The number of rotatable bonds is 9. The van der Waals surface area contributed by atoms with Gasteiger partial charge in [-0.3, -0.25) is 19.2 Å². The number of ether oxygens (including phenoxy) is 4. The average Bonchev–Trinajstić information content (AvgIpc) is 4.03. The molecule has 3 aliphatic heterocycles. The SMILES string of the molecule is C.C.CC(C)(C)C1Cc2cc(NC(=O)C3(c4ccc5c(c4)OCO5)CC3)ccc2N1.CN(C)C(=O)CCl.CN(C)C(=O)Cn1c(C(C)(C)C)cc2cc(NC(=O)C3(c4ccc5c(c4)OCO5)CC3)ccc21. The lowest BCUT2D eigenvalue weighted by molar-refractivity contribution is -0.129. The number of benzene rings is 4. The minimum absolute atomic E-state index is 0. The lowest BCUT2D eigenvalue weighted by Gasteiger charge is -2.27. The minimum Gasteiger partial charge on any atom is -0.454 e. The fourth-order valence-electron chi connectivity index (χ4n) is 8.93. The molecule has 3 N–H and O–H groups in total. The monoisotopic (exact) mass is 993 g/mol. The molecule has 1 aromatic heterocycles. The molecular weight excluding hydrogens is 920 g/mol. The summed E-state index contributed by atoms with van der Waals surface area (Å²) in [6.45, 7) is 13.9. The number of anilines is 3. The summed E-state index contributed by atoms with van der Waals surface area (Å²) in [5, 5.41) is 10.9. The molecule has 2 saturated carbocycles. The molecule has 0 spiro atoms. The first-order valence-electron chi connectivity index (χ1n) is 23.5. The topological polar surface area (TPSA) is 153 Å². The maximum atomic E-state index is 13.3. The van der Waals surface area contributed by atoms with Crippen LogP contribution in [0.25, 0.3) is 10.9 Å². The molecule has 5 aromatic rings. The molecule has 15 heteroatoms. The molecule has 4 amide bonds. The second-order valence-corrected chi connectivity index (χ2v) is 21.5. The highest BCUT2D eigenvalue weighted by atomic mass is 35.5. The Morgan fingerprint density at radius 1 is 0.662 bits per heavy atom. The van der Waals surface area contributed by atoms with Gasteiger partial charge in [0.2, 0.25) is 37.2 Å². The van der Waals surface area contributed by atoms with E-state index in [1.807, 2.05) is 60.7 Å². The Labute approximate surface area is 424 Å². The number of nitrogens with one attached hydrogen (secondary N) is 3. The molecule has 2 aliphatic carbocycles. The van der Waals surface area contributed by atoms with E-state index in [2.05, 4.69) is 80.3 Å². The number of nitrogens with zero attached hydrogens (tertiary/aromatic N) is 3. The summed E-state index contributed by atoms with van der Waals surface area (Å²) < 4.78 is 23.9. The molecule has 382 valence electrons. The van der Waals surface area contributed by atoms with Crippen LogP contribution in [-0.4, -0.2) is 91.7 Å². The van der Waals surface area contributed by atoms with Crippen LogP contribution in [-0.2, 0) is 48.4 Å². The number of amides is 4. The number of alkyl halides is 1. The second kappa shape index (κ2) is 20.7.